The maximum atomic E-state index is 13.9. The van der Waals surface area contributed by atoms with Crippen LogP contribution in [-0.4, -0.2) is 85.9 Å². The molecule has 10 nitrogen and oxygen atoms in total. The molecular weight excluding hydrogens is 635 g/mol. The van der Waals surface area contributed by atoms with Crippen molar-refractivity contribution in [1.82, 2.24) is 24.8 Å². The Hall–Kier alpha value is -5.16. The highest BCUT2D eigenvalue weighted by molar-refractivity contribution is 5.97. The van der Waals surface area contributed by atoms with Crippen LogP contribution in [0.5, 0.6) is 17.2 Å². The summed E-state index contributed by atoms with van der Waals surface area (Å²) in [5.74, 6) is 1.72. The summed E-state index contributed by atoms with van der Waals surface area (Å²) in [6.07, 6.45) is 3.61. The van der Waals surface area contributed by atoms with E-state index in [2.05, 4.69) is 48.9 Å². The fraction of sp³-hybridized carbons (Fsp3) is 0.359. The number of hydrogen-bond acceptors (Lipinski definition) is 8. The molecule has 5 aromatic rings. The van der Waals surface area contributed by atoms with E-state index in [1.165, 1.54) is 33.5 Å². The third kappa shape index (κ3) is 7.68. The fourth-order valence-electron chi connectivity index (χ4n) is 6.82. The fourth-order valence-corrected chi connectivity index (χ4v) is 6.82. The Morgan fingerprint density at radius 1 is 0.920 bits per heavy atom. The first-order chi connectivity index (χ1) is 24.4. The quantitative estimate of drug-likeness (QED) is 0.160. The minimum Gasteiger partial charge on any atom is -0.493 e. The van der Waals surface area contributed by atoms with Crippen LogP contribution in [0.3, 0.4) is 0 Å². The largest absolute Gasteiger partial charge is 0.493 e. The zero-order valence-electron chi connectivity index (χ0n) is 29.2. The first kappa shape index (κ1) is 34.7. The molecule has 1 aliphatic heterocycles. The van der Waals surface area contributed by atoms with Crippen molar-refractivity contribution in [2.45, 2.75) is 32.2 Å². The summed E-state index contributed by atoms with van der Waals surface area (Å²) in [5.41, 5.74) is 5.15. The molecule has 2 aromatic heterocycles. The number of rotatable bonds is 13. The average molecular weight is 681 g/mol. The number of ether oxygens (including phenoxy) is 3. The van der Waals surface area contributed by atoms with Gasteiger partial charge in [0.1, 0.15) is 5.82 Å². The molecule has 3 aromatic carbocycles. The molecule has 1 atom stereocenters. The minimum absolute atomic E-state index is 0.0242. The van der Waals surface area contributed by atoms with Gasteiger partial charge in [0.25, 0.3) is 5.91 Å². The first-order valence-electron chi connectivity index (χ1n) is 17.1. The van der Waals surface area contributed by atoms with Crippen LogP contribution >= 0.6 is 0 Å². The van der Waals surface area contributed by atoms with Crippen molar-refractivity contribution in [3.63, 3.8) is 0 Å². The molecule has 262 valence electrons. The van der Waals surface area contributed by atoms with Crippen molar-refractivity contribution in [2.24, 2.45) is 0 Å². The molecule has 0 radical (unpaired) electrons. The number of aromatic nitrogens is 3. The topological polar surface area (TPSA) is 94.0 Å². The number of amides is 1. The van der Waals surface area contributed by atoms with Gasteiger partial charge >= 0.3 is 0 Å². The molecule has 1 amide bonds. The van der Waals surface area contributed by atoms with E-state index >= 15 is 0 Å². The lowest BCUT2D eigenvalue weighted by Crippen LogP contribution is -2.34. The molecule has 0 spiro atoms. The molecule has 1 saturated heterocycles. The second-order valence-corrected chi connectivity index (χ2v) is 12.6. The Balaban J connectivity index is 1.14. The molecule has 0 saturated carbocycles. The van der Waals surface area contributed by atoms with Gasteiger partial charge in [0.2, 0.25) is 11.7 Å². The molecule has 0 bridgehead atoms. The highest BCUT2D eigenvalue weighted by Gasteiger charge is 2.25. The van der Waals surface area contributed by atoms with E-state index in [0.717, 1.165) is 73.8 Å². The molecule has 50 heavy (non-hydrogen) atoms. The number of nitrogens with zero attached hydrogens (tertiary/aromatic N) is 5. The second-order valence-electron chi connectivity index (χ2n) is 12.6. The maximum Gasteiger partial charge on any atom is 0.251 e. The van der Waals surface area contributed by atoms with Crippen molar-refractivity contribution in [3.05, 3.63) is 107 Å². The van der Waals surface area contributed by atoms with Crippen LogP contribution in [0.4, 0.5) is 10.3 Å². The summed E-state index contributed by atoms with van der Waals surface area (Å²) >= 11 is 0. The predicted molar refractivity (Wildman–Crippen MR) is 193 cm³/mol. The van der Waals surface area contributed by atoms with Crippen LogP contribution < -0.4 is 24.4 Å². The van der Waals surface area contributed by atoms with Gasteiger partial charge in [-0.05, 0) is 80.9 Å². The Kier molecular flexibility index (Phi) is 11.1. The number of hydrogen-bond donors (Lipinski definition) is 1. The number of carbonyl (C=O) groups is 1. The Bertz CT molecular complexity index is 1900. The monoisotopic (exact) mass is 680 g/mol. The number of imidazole rings is 1. The number of carbonyl (C=O) groups excluding carboxylic acids is 1. The molecule has 11 heteroatoms. The second kappa shape index (κ2) is 16.0. The van der Waals surface area contributed by atoms with Gasteiger partial charge in [-0.25, -0.2) is 9.37 Å². The van der Waals surface area contributed by atoms with Crippen molar-refractivity contribution in [2.75, 3.05) is 65.5 Å². The van der Waals surface area contributed by atoms with Crippen LogP contribution in [0.1, 0.15) is 45.9 Å². The summed E-state index contributed by atoms with van der Waals surface area (Å²) in [4.78, 5) is 28.1. The van der Waals surface area contributed by atoms with Gasteiger partial charge in [0.15, 0.2) is 11.5 Å². The van der Waals surface area contributed by atoms with Gasteiger partial charge in [0.05, 0.1) is 44.6 Å². The summed E-state index contributed by atoms with van der Waals surface area (Å²) in [6, 6.07) is 22.5. The summed E-state index contributed by atoms with van der Waals surface area (Å²) in [6.45, 7) is 7.25. The third-order valence-electron chi connectivity index (χ3n) is 9.52. The standard InChI is InChI=1S/C39H45FN6O4/c1-27-32(24-35(48-2)37(50-4)36(27)49-3)38(47)42-25-29(28-13-15-30(40)16-14-28)17-21-44-19-9-20-45(23-22-44)39-43-33-11-5-6-12-34(33)46(39)26-31-10-7-8-18-41-31/h5-8,10-16,18,24,29H,9,17,19-23,25-26H2,1-4H3,(H,42,47). The third-order valence-corrected chi connectivity index (χ3v) is 9.52. The number of halogens is 1. The lowest BCUT2D eigenvalue weighted by molar-refractivity contribution is 0.0948. The highest BCUT2D eigenvalue weighted by atomic mass is 19.1. The smallest absolute Gasteiger partial charge is 0.251 e. The number of fused-ring (bicyclic) bond motifs is 1. The predicted octanol–water partition coefficient (Wildman–Crippen LogP) is 6.07. The van der Waals surface area contributed by atoms with Crippen LogP contribution in [0.25, 0.3) is 11.0 Å². The first-order valence-corrected chi connectivity index (χ1v) is 17.1. The number of methoxy groups -OCH3 is 3. The van der Waals surface area contributed by atoms with Gasteiger partial charge in [-0.3, -0.25) is 9.78 Å². The number of nitrogens with one attached hydrogen (secondary N) is 1. The highest BCUT2D eigenvalue weighted by Crippen LogP contribution is 2.41. The van der Waals surface area contributed by atoms with Crippen molar-refractivity contribution in [1.29, 1.82) is 0 Å². The van der Waals surface area contributed by atoms with Crippen molar-refractivity contribution < 1.29 is 23.4 Å². The van der Waals surface area contributed by atoms with Crippen LogP contribution in [0.2, 0.25) is 0 Å². The Morgan fingerprint density at radius 2 is 1.70 bits per heavy atom. The molecule has 1 unspecified atom stereocenters. The maximum absolute atomic E-state index is 13.9. The van der Waals surface area contributed by atoms with Gasteiger partial charge < -0.3 is 33.9 Å². The van der Waals surface area contributed by atoms with E-state index < -0.39 is 0 Å². The number of pyridine rings is 1. The van der Waals surface area contributed by atoms with Crippen LogP contribution in [-0.2, 0) is 6.54 Å². The summed E-state index contributed by atoms with van der Waals surface area (Å²) < 4.78 is 32.7. The Labute approximate surface area is 292 Å². The van der Waals surface area contributed by atoms with E-state index in [9.17, 15) is 9.18 Å². The van der Waals surface area contributed by atoms with Gasteiger partial charge in [0, 0.05) is 49.4 Å². The summed E-state index contributed by atoms with van der Waals surface area (Å²) in [7, 11) is 4.60. The average Bonchev–Trinajstić information content (AvgIpc) is 3.33. The SMILES string of the molecule is COc1cc(C(=O)NCC(CCN2CCCN(c3nc4ccccc4n3Cc3ccccn3)CC2)c2ccc(F)cc2)c(C)c(OC)c1OC. The lowest BCUT2D eigenvalue weighted by Gasteiger charge is -2.25. The zero-order chi connectivity index (χ0) is 35.0. The minimum atomic E-state index is -0.286. The molecule has 1 fully saturated rings. The van der Waals surface area contributed by atoms with Crippen molar-refractivity contribution in [3.8, 4) is 17.2 Å². The zero-order valence-corrected chi connectivity index (χ0v) is 29.2. The van der Waals surface area contributed by atoms with E-state index in [1.54, 1.807) is 6.07 Å². The number of benzene rings is 3. The van der Waals surface area contributed by atoms with Crippen LogP contribution in [0.15, 0.2) is 79.0 Å². The lowest BCUT2D eigenvalue weighted by atomic mass is 9.95. The normalized spacial score (nSPS) is 14.3. The molecule has 6 rings (SSSR count). The molecule has 3 heterocycles. The van der Waals surface area contributed by atoms with Crippen LogP contribution in [0, 0.1) is 12.7 Å². The van der Waals surface area contributed by atoms with E-state index in [4.69, 9.17) is 19.2 Å². The molecule has 1 aliphatic rings. The van der Waals surface area contributed by atoms with Crippen molar-refractivity contribution >= 4 is 22.9 Å². The molecular formula is C39H45FN6O4. The van der Waals surface area contributed by atoms with Gasteiger partial charge in [-0.1, -0.05) is 30.3 Å². The molecule has 1 N–H and O–H groups in total. The number of anilines is 1. The summed E-state index contributed by atoms with van der Waals surface area (Å²) in [5, 5.41) is 3.13. The van der Waals surface area contributed by atoms with Gasteiger partial charge in [-0.15, -0.1) is 0 Å². The van der Waals surface area contributed by atoms with Gasteiger partial charge in [-0.2, -0.15) is 0 Å². The Morgan fingerprint density at radius 3 is 2.44 bits per heavy atom. The van der Waals surface area contributed by atoms with E-state index in [1.807, 2.05) is 43.5 Å². The molecule has 0 aliphatic carbocycles. The van der Waals surface area contributed by atoms with E-state index in [-0.39, 0.29) is 17.6 Å². The van der Waals surface area contributed by atoms with E-state index in [0.29, 0.717) is 41.5 Å². The number of para-hydroxylation sites is 2.